The van der Waals surface area contributed by atoms with Crippen molar-refractivity contribution >= 4 is 40.3 Å². The second-order valence-electron chi connectivity index (χ2n) is 5.47. The second kappa shape index (κ2) is 7.20. The van der Waals surface area contributed by atoms with Crippen LogP contribution in [-0.2, 0) is 0 Å². The van der Waals surface area contributed by atoms with Crippen LogP contribution in [0.5, 0.6) is 5.75 Å². The van der Waals surface area contributed by atoms with Gasteiger partial charge in [-0.3, -0.25) is 9.59 Å². The number of anilines is 1. The van der Waals surface area contributed by atoms with Crippen LogP contribution >= 0.6 is 23.5 Å². The fourth-order valence-corrected chi connectivity index (χ4v) is 3.22. The molecule has 0 fully saturated rings. The van der Waals surface area contributed by atoms with E-state index in [0.717, 1.165) is 16.5 Å². The van der Waals surface area contributed by atoms with E-state index in [2.05, 4.69) is 19.4 Å². The van der Waals surface area contributed by atoms with Crippen LogP contribution in [-0.4, -0.2) is 16.3 Å². The third kappa shape index (κ3) is 4.58. The number of benzene rings is 2. The van der Waals surface area contributed by atoms with Crippen LogP contribution in [0.3, 0.4) is 0 Å². The quantitative estimate of drug-likeness (QED) is 0.437. The van der Waals surface area contributed by atoms with Gasteiger partial charge < -0.3 is 19.4 Å². The number of aryl methyl sites for hydroxylation is 1. The fraction of sp³-hybridized carbons (Fsp3) is 0.125. The number of halogens is 4. The van der Waals surface area contributed by atoms with Gasteiger partial charge in [0, 0.05) is 10.6 Å². The van der Waals surface area contributed by atoms with E-state index in [1.165, 1.54) is 24.1 Å². The molecule has 11 heteroatoms. The van der Waals surface area contributed by atoms with Crippen molar-refractivity contribution in [1.29, 1.82) is 0 Å². The Morgan fingerprint density at radius 2 is 1.70 bits per heavy atom. The number of fused-ring (bicyclic) bond motifs is 1. The van der Waals surface area contributed by atoms with Crippen molar-refractivity contribution < 1.29 is 17.9 Å². The van der Waals surface area contributed by atoms with Crippen LogP contribution in [0.2, 0.25) is 5.02 Å². The molecule has 0 saturated heterocycles. The molecule has 0 amide bonds. The molecule has 3 N–H and O–H groups in total. The number of hydrogen-bond donors (Lipinski definition) is 3. The summed E-state index contributed by atoms with van der Waals surface area (Å²) in [6.07, 6.45) is -4.83. The molecule has 0 aliphatic rings. The lowest BCUT2D eigenvalue weighted by atomic mass is 10.2. The van der Waals surface area contributed by atoms with Gasteiger partial charge in [0.2, 0.25) is 0 Å². The van der Waals surface area contributed by atoms with E-state index in [0.29, 0.717) is 16.7 Å². The zero-order valence-corrected chi connectivity index (χ0v) is 15.1. The number of H-pyrrole nitrogens is 2. The first kappa shape index (κ1) is 19.2. The Morgan fingerprint density at radius 1 is 1.07 bits per heavy atom. The average Bonchev–Trinajstić information content (AvgIpc) is 2.56. The molecule has 0 spiro atoms. The van der Waals surface area contributed by atoms with Crippen LogP contribution in [0.15, 0.2) is 44.8 Å². The maximum absolute atomic E-state index is 12.3. The van der Waals surface area contributed by atoms with E-state index in [1.807, 2.05) is 0 Å². The molecule has 0 aliphatic heterocycles. The number of aromatic nitrogens is 2. The lowest BCUT2D eigenvalue weighted by molar-refractivity contribution is -0.274. The van der Waals surface area contributed by atoms with Gasteiger partial charge in [0.25, 0.3) is 0 Å². The number of alkyl halides is 3. The summed E-state index contributed by atoms with van der Waals surface area (Å²) >= 11 is 6.98. The summed E-state index contributed by atoms with van der Waals surface area (Å²) < 4.78 is 43.6. The Hall–Kier alpha value is -2.59. The number of hydrogen-bond acceptors (Lipinski definition) is 5. The number of rotatable bonds is 4. The largest absolute Gasteiger partial charge is 0.573 e. The first-order valence-electron chi connectivity index (χ1n) is 7.37. The summed E-state index contributed by atoms with van der Waals surface area (Å²) in [6, 6.07) is 7.15. The Bertz CT molecular complexity index is 1130. The molecule has 0 radical (unpaired) electrons. The topological polar surface area (TPSA) is 87.0 Å². The minimum atomic E-state index is -4.83. The van der Waals surface area contributed by atoms with Crippen LogP contribution in [0.25, 0.3) is 11.0 Å². The van der Waals surface area contributed by atoms with Crippen LogP contribution in [0.4, 0.5) is 18.9 Å². The number of aromatic amines is 2. The Balaban J connectivity index is 1.81. The molecular weight excluding hydrogens is 407 g/mol. The van der Waals surface area contributed by atoms with E-state index in [9.17, 15) is 22.8 Å². The molecule has 0 unspecified atom stereocenters. The van der Waals surface area contributed by atoms with Crippen molar-refractivity contribution in [1.82, 2.24) is 9.97 Å². The molecule has 1 heterocycles. The summed E-state index contributed by atoms with van der Waals surface area (Å²) in [7, 11) is 0. The van der Waals surface area contributed by atoms with Crippen molar-refractivity contribution in [3.63, 3.8) is 0 Å². The summed E-state index contributed by atoms with van der Waals surface area (Å²) in [5.41, 5.74) is 0.693. The highest BCUT2D eigenvalue weighted by atomic mass is 35.5. The van der Waals surface area contributed by atoms with Gasteiger partial charge >= 0.3 is 17.5 Å². The summed E-state index contributed by atoms with van der Waals surface area (Å²) in [5.74, 6) is -0.497. The number of nitrogens with one attached hydrogen (secondary N) is 3. The van der Waals surface area contributed by atoms with E-state index in [-0.39, 0.29) is 5.02 Å². The molecule has 1 aromatic heterocycles. The SMILES string of the molecule is Cc1cc2[nH]c(=O)c(=O)[nH]c2cc1SNc1ccc(OC(F)(F)F)c(Cl)c1. The highest BCUT2D eigenvalue weighted by molar-refractivity contribution is 8.00. The van der Waals surface area contributed by atoms with Crippen LogP contribution < -0.4 is 20.6 Å². The zero-order chi connectivity index (χ0) is 19.8. The minimum Gasteiger partial charge on any atom is -0.404 e. The van der Waals surface area contributed by atoms with Gasteiger partial charge in [-0.25, -0.2) is 0 Å². The summed E-state index contributed by atoms with van der Waals surface area (Å²) in [5, 5.41) is -0.199. The first-order valence-corrected chi connectivity index (χ1v) is 8.57. The molecule has 0 atom stereocenters. The third-order valence-corrected chi connectivity index (χ3v) is 4.75. The lowest BCUT2D eigenvalue weighted by Gasteiger charge is -2.13. The van der Waals surface area contributed by atoms with E-state index < -0.39 is 23.2 Å². The fourth-order valence-electron chi connectivity index (χ4n) is 2.25. The number of ether oxygens (including phenoxy) is 1. The molecule has 0 bridgehead atoms. The Kier molecular flexibility index (Phi) is 5.11. The molecule has 0 aliphatic carbocycles. The van der Waals surface area contributed by atoms with Gasteiger partial charge in [-0.1, -0.05) is 11.6 Å². The molecule has 6 nitrogen and oxygen atoms in total. The molecule has 142 valence electrons. The van der Waals surface area contributed by atoms with Crippen LogP contribution in [0, 0.1) is 6.92 Å². The minimum absolute atomic E-state index is 0.199. The van der Waals surface area contributed by atoms with Gasteiger partial charge in [0.15, 0.2) is 0 Å². The summed E-state index contributed by atoms with van der Waals surface area (Å²) in [6.45, 7) is 1.81. The lowest BCUT2D eigenvalue weighted by Crippen LogP contribution is -2.28. The van der Waals surface area contributed by atoms with Crippen molar-refractivity contribution in [3.8, 4) is 5.75 Å². The average molecular weight is 418 g/mol. The van der Waals surface area contributed by atoms with Crippen molar-refractivity contribution in [2.45, 2.75) is 18.2 Å². The predicted octanol–water partition coefficient (Wildman–Crippen LogP) is 4.20. The molecule has 3 rings (SSSR count). The molecular formula is C16H11ClF3N3O3S. The highest BCUT2D eigenvalue weighted by Crippen LogP contribution is 2.34. The molecule has 27 heavy (non-hydrogen) atoms. The maximum Gasteiger partial charge on any atom is 0.573 e. The molecule has 3 aromatic rings. The van der Waals surface area contributed by atoms with Gasteiger partial charge in [0.1, 0.15) is 5.75 Å². The normalized spacial score (nSPS) is 11.6. The van der Waals surface area contributed by atoms with Crippen molar-refractivity contribution in [2.75, 3.05) is 4.72 Å². The summed E-state index contributed by atoms with van der Waals surface area (Å²) in [4.78, 5) is 28.5. The van der Waals surface area contributed by atoms with Gasteiger partial charge in [0.05, 0.1) is 16.1 Å². The van der Waals surface area contributed by atoms with Gasteiger partial charge in [-0.2, -0.15) is 0 Å². The Morgan fingerprint density at radius 3 is 2.30 bits per heavy atom. The predicted molar refractivity (Wildman–Crippen MR) is 97.5 cm³/mol. The maximum atomic E-state index is 12.3. The van der Waals surface area contributed by atoms with Crippen molar-refractivity contribution in [3.05, 3.63) is 61.6 Å². The zero-order valence-electron chi connectivity index (χ0n) is 13.5. The Labute approximate surface area is 158 Å². The van der Waals surface area contributed by atoms with Crippen molar-refractivity contribution in [2.24, 2.45) is 0 Å². The highest BCUT2D eigenvalue weighted by Gasteiger charge is 2.32. The van der Waals surface area contributed by atoms with Gasteiger partial charge in [-0.15, -0.1) is 13.2 Å². The van der Waals surface area contributed by atoms with Gasteiger partial charge in [-0.05, 0) is 54.8 Å². The van der Waals surface area contributed by atoms with E-state index >= 15 is 0 Å². The third-order valence-electron chi connectivity index (χ3n) is 3.45. The monoisotopic (exact) mass is 417 g/mol. The second-order valence-corrected chi connectivity index (χ2v) is 6.72. The first-order chi connectivity index (χ1) is 12.6. The van der Waals surface area contributed by atoms with Crippen LogP contribution in [0.1, 0.15) is 5.56 Å². The smallest absolute Gasteiger partial charge is 0.404 e. The molecule has 2 aromatic carbocycles. The van der Waals surface area contributed by atoms with E-state index in [1.54, 1.807) is 19.1 Å². The molecule has 0 saturated carbocycles. The standard InChI is InChI=1S/C16H11ClF3N3O3S/c1-7-4-10-11(22-15(25)14(24)21-10)6-13(7)27-23-8-2-3-12(9(17)5-8)26-16(18,19)20/h2-6,23H,1H3,(H,21,24)(H,22,25). The van der Waals surface area contributed by atoms with E-state index in [4.69, 9.17) is 11.6 Å².